The van der Waals surface area contributed by atoms with Crippen LogP contribution in [0.25, 0.3) is 0 Å². The number of hydrogen-bond donors (Lipinski definition) is 1. The highest BCUT2D eigenvalue weighted by molar-refractivity contribution is 7.91. The predicted octanol–water partition coefficient (Wildman–Crippen LogP) is 5.18. The summed E-state index contributed by atoms with van der Waals surface area (Å²) in [5, 5.41) is 0. The number of nitrogens with one attached hydrogen (secondary N) is 1. The Balaban J connectivity index is 1.75. The summed E-state index contributed by atoms with van der Waals surface area (Å²) in [5.41, 5.74) is 3.67. The summed E-state index contributed by atoms with van der Waals surface area (Å²) in [6.45, 7) is 11.2. The summed E-state index contributed by atoms with van der Waals surface area (Å²) in [6, 6.07) is 15.5. The maximum atomic E-state index is 13.0. The van der Waals surface area contributed by atoms with Crippen LogP contribution in [-0.2, 0) is 25.9 Å². The van der Waals surface area contributed by atoms with Crippen LogP contribution in [0.3, 0.4) is 0 Å². The maximum absolute atomic E-state index is 13.0. The van der Waals surface area contributed by atoms with Crippen molar-refractivity contribution in [3.8, 4) is 0 Å². The van der Waals surface area contributed by atoms with Gasteiger partial charge in [-0.3, -0.25) is 4.72 Å². The van der Waals surface area contributed by atoms with Crippen LogP contribution in [0.15, 0.2) is 48.5 Å². The molecule has 0 bridgehead atoms. The molecule has 170 valence electrons. The summed E-state index contributed by atoms with van der Waals surface area (Å²) in [7, 11) is -1.79. The Morgan fingerprint density at radius 3 is 2.39 bits per heavy atom. The second-order valence-corrected chi connectivity index (χ2v) is 11.8. The van der Waals surface area contributed by atoms with Gasteiger partial charge in [-0.25, -0.2) is 8.42 Å². The monoisotopic (exact) mass is 444 g/mol. The van der Waals surface area contributed by atoms with Crippen molar-refractivity contribution >= 4 is 21.4 Å². The van der Waals surface area contributed by atoms with E-state index in [2.05, 4.69) is 37.3 Å². The van der Waals surface area contributed by atoms with E-state index in [1.54, 1.807) is 7.11 Å². The standard InChI is InChI=1S/C25H36N2O3S/c1-24(2,3)21-10-8-9-20(17-21)18-31(28,29)26-22-11-6-7-12-23(22)27-15-13-25(4,14-16-27)19-30-5/h6-12,17,26H,13-16,18-19H2,1-5H3. The number of ether oxygens (including phenoxy) is 1. The Morgan fingerprint density at radius 2 is 1.74 bits per heavy atom. The van der Waals surface area contributed by atoms with Crippen LogP contribution in [0.4, 0.5) is 11.4 Å². The van der Waals surface area contributed by atoms with Crippen molar-refractivity contribution in [3.05, 3.63) is 59.7 Å². The van der Waals surface area contributed by atoms with E-state index in [1.165, 1.54) is 0 Å². The minimum atomic E-state index is -3.54. The maximum Gasteiger partial charge on any atom is 0.236 e. The summed E-state index contributed by atoms with van der Waals surface area (Å²) in [5.74, 6) is -0.0445. The summed E-state index contributed by atoms with van der Waals surface area (Å²) < 4.78 is 34.2. The zero-order valence-corrected chi connectivity index (χ0v) is 20.3. The highest BCUT2D eigenvalue weighted by Gasteiger charge is 2.31. The smallest absolute Gasteiger partial charge is 0.236 e. The second-order valence-electron chi connectivity index (χ2n) is 10.1. The van der Waals surface area contributed by atoms with E-state index in [0.717, 1.165) is 49.4 Å². The van der Waals surface area contributed by atoms with E-state index in [-0.39, 0.29) is 16.6 Å². The van der Waals surface area contributed by atoms with Crippen LogP contribution in [-0.4, -0.2) is 35.2 Å². The average Bonchev–Trinajstić information content (AvgIpc) is 2.68. The Hall–Kier alpha value is -2.05. The van der Waals surface area contributed by atoms with Crippen LogP contribution < -0.4 is 9.62 Å². The molecule has 1 aliphatic rings. The molecule has 2 aromatic carbocycles. The molecule has 3 rings (SSSR count). The fourth-order valence-corrected chi connectivity index (χ4v) is 5.36. The Labute approximate surface area is 187 Å². The third-order valence-corrected chi connectivity index (χ3v) is 7.37. The van der Waals surface area contributed by atoms with Crippen LogP contribution in [0, 0.1) is 5.41 Å². The van der Waals surface area contributed by atoms with Gasteiger partial charge in [0, 0.05) is 20.2 Å². The molecule has 31 heavy (non-hydrogen) atoms. The molecule has 0 aromatic heterocycles. The van der Waals surface area contributed by atoms with Crippen molar-refractivity contribution in [3.63, 3.8) is 0 Å². The zero-order chi connectivity index (χ0) is 22.7. The normalized spacial score (nSPS) is 16.9. The van der Waals surface area contributed by atoms with Crippen LogP contribution in [0.1, 0.15) is 51.7 Å². The molecule has 1 saturated heterocycles. The van der Waals surface area contributed by atoms with Gasteiger partial charge < -0.3 is 9.64 Å². The SMILES string of the molecule is COCC1(C)CCN(c2ccccc2NS(=O)(=O)Cc2cccc(C(C)(C)C)c2)CC1. The number of para-hydroxylation sites is 2. The van der Waals surface area contributed by atoms with Gasteiger partial charge in [-0.15, -0.1) is 0 Å². The van der Waals surface area contributed by atoms with E-state index >= 15 is 0 Å². The summed E-state index contributed by atoms with van der Waals surface area (Å²) >= 11 is 0. The fourth-order valence-electron chi connectivity index (χ4n) is 4.17. The molecule has 1 fully saturated rings. The molecule has 5 nitrogen and oxygen atoms in total. The minimum Gasteiger partial charge on any atom is -0.384 e. The first-order chi connectivity index (χ1) is 14.5. The van der Waals surface area contributed by atoms with Crippen LogP contribution in [0.5, 0.6) is 0 Å². The molecule has 0 spiro atoms. The quantitative estimate of drug-likeness (QED) is 0.639. The van der Waals surface area contributed by atoms with E-state index in [1.807, 2.05) is 48.5 Å². The van der Waals surface area contributed by atoms with E-state index in [0.29, 0.717) is 5.69 Å². The highest BCUT2D eigenvalue weighted by Crippen LogP contribution is 2.36. The molecular formula is C25H36N2O3S. The number of piperidine rings is 1. The van der Waals surface area contributed by atoms with Crippen molar-refractivity contribution in [1.29, 1.82) is 0 Å². The molecule has 2 aromatic rings. The van der Waals surface area contributed by atoms with E-state index in [4.69, 9.17) is 4.74 Å². The highest BCUT2D eigenvalue weighted by atomic mass is 32.2. The lowest BCUT2D eigenvalue weighted by Gasteiger charge is -2.40. The third-order valence-electron chi connectivity index (χ3n) is 6.12. The molecular weight excluding hydrogens is 408 g/mol. The van der Waals surface area contributed by atoms with Crippen molar-refractivity contribution in [1.82, 2.24) is 0 Å². The molecule has 0 radical (unpaired) electrons. The Bertz CT molecular complexity index is 988. The molecule has 0 aliphatic carbocycles. The Morgan fingerprint density at radius 1 is 1.06 bits per heavy atom. The number of anilines is 2. The molecule has 0 unspecified atom stereocenters. The predicted molar refractivity (Wildman–Crippen MR) is 129 cm³/mol. The van der Waals surface area contributed by atoms with Gasteiger partial charge in [0.05, 0.1) is 23.7 Å². The number of nitrogens with zero attached hydrogens (tertiary/aromatic N) is 1. The molecule has 0 saturated carbocycles. The van der Waals surface area contributed by atoms with E-state index in [9.17, 15) is 8.42 Å². The summed E-state index contributed by atoms with van der Waals surface area (Å²) in [6.07, 6.45) is 2.03. The molecule has 1 N–H and O–H groups in total. The van der Waals surface area contributed by atoms with Gasteiger partial charge in [0.25, 0.3) is 0 Å². The second kappa shape index (κ2) is 9.21. The third kappa shape index (κ3) is 6.23. The van der Waals surface area contributed by atoms with E-state index < -0.39 is 10.0 Å². The molecule has 1 aliphatic heterocycles. The van der Waals surface area contributed by atoms with Crippen molar-refractivity contribution in [2.75, 3.05) is 36.4 Å². The lowest BCUT2D eigenvalue weighted by Crippen LogP contribution is -2.41. The number of benzene rings is 2. The average molecular weight is 445 g/mol. The first-order valence-corrected chi connectivity index (χ1v) is 12.6. The lowest BCUT2D eigenvalue weighted by molar-refractivity contribution is 0.0731. The number of sulfonamides is 1. The number of rotatable bonds is 7. The van der Waals surface area contributed by atoms with Gasteiger partial charge in [-0.05, 0) is 46.9 Å². The van der Waals surface area contributed by atoms with Crippen molar-refractivity contribution in [2.24, 2.45) is 5.41 Å². The van der Waals surface area contributed by atoms with Gasteiger partial charge in [-0.1, -0.05) is 64.1 Å². The van der Waals surface area contributed by atoms with Gasteiger partial charge in [-0.2, -0.15) is 0 Å². The summed E-state index contributed by atoms with van der Waals surface area (Å²) in [4.78, 5) is 2.27. The first-order valence-electron chi connectivity index (χ1n) is 10.9. The lowest BCUT2D eigenvalue weighted by atomic mass is 9.81. The zero-order valence-electron chi connectivity index (χ0n) is 19.4. The number of methoxy groups -OCH3 is 1. The first kappa shape index (κ1) is 23.6. The topological polar surface area (TPSA) is 58.6 Å². The van der Waals surface area contributed by atoms with Gasteiger partial charge in [0.2, 0.25) is 10.0 Å². The molecule has 1 heterocycles. The fraction of sp³-hybridized carbons (Fsp3) is 0.520. The molecule has 0 amide bonds. The van der Waals surface area contributed by atoms with Crippen LogP contribution >= 0.6 is 0 Å². The van der Waals surface area contributed by atoms with Gasteiger partial charge in [0.1, 0.15) is 0 Å². The number of hydrogen-bond acceptors (Lipinski definition) is 4. The minimum absolute atomic E-state index is 0.0224. The van der Waals surface area contributed by atoms with Crippen LogP contribution in [0.2, 0.25) is 0 Å². The molecule has 6 heteroatoms. The van der Waals surface area contributed by atoms with Crippen molar-refractivity contribution in [2.45, 2.75) is 51.7 Å². The van der Waals surface area contributed by atoms with Crippen molar-refractivity contribution < 1.29 is 13.2 Å². The van der Waals surface area contributed by atoms with Gasteiger partial charge in [0.15, 0.2) is 0 Å². The van der Waals surface area contributed by atoms with Gasteiger partial charge >= 0.3 is 0 Å². The Kier molecular flexibility index (Phi) is 7.01. The largest absolute Gasteiger partial charge is 0.384 e. The molecule has 0 atom stereocenters.